The number of likely N-dealkylation sites (tertiary alicyclic amines) is 1. The van der Waals surface area contributed by atoms with E-state index in [1.54, 1.807) is 4.90 Å². The maximum Gasteiger partial charge on any atom is 0.318 e. The number of nitrogens with zero attached hydrogens (tertiary/aromatic N) is 1. The number of para-hydroxylation sites is 1. The Balaban J connectivity index is 1.63. The van der Waals surface area contributed by atoms with Gasteiger partial charge in [0.1, 0.15) is 12.4 Å². The highest BCUT2D eigenvalue weighted by atomic mass is 16.5. The highest BCUT2D eigenvalue weighted by molar-refractivity contribution is 5.77. The number of fused-ring (bicyclic) bond motifs is 1. The number of carboxylic acids is 1. The van der Waals surface area contributed by atoms with Gasteiger partial charge < -0.3 is 20.1 Å². The van der Waals surface area contributed by atoms with Crippen LogP contribution in [0.1, 0.15) is 24.4 Å². The standard InChI is InChI=1S/C15H18N2O4/c18-14(19)10-4-3-7-17(8-10)15(20)16-12-9-21-13-6-2-1-5-11(12)13/h1-2,5-6,10,12H,3-4,7-9H2,(H,16,20)(H,18,19)/t10-,12?/m1/s1. The lowest BCUT2D eigenvalue weighted by atomic mass is 9.98. The normalized spacial score (nSPS) is 24.1. The fourth-order valence-electron chi connectivity index (χ4n) is 2.89. The zero-order valence-electron chi connectivity index (χ0n) is 11.6. The molecule has 1 saturated heterocycles. The van der Waals surface area contributed by atoms with Crippen molar-refractivity contribution in [3.63, 3.8) is 0 Å². The molecule has 3 rings (SSSR count). The highest BCUT2D eigenvalue weighted by Crippen LogP contribution is 2.31. The first kappa shape index (κ1) is 13.7. The number of aliphatic carboxylic acids is 1. The minimum absolute atomic E-state index is 0.168. The van der Waals surface area contributed by atoms with Crippen LogP contribution in [0.15, 0.2) is 24.3 Å². The third-order valence-electron chi connectivity index (χ3n) is 4.06. The van der Waals surface area contributed by atoms with Gasteiger partial charge in [0.2, 0.25) is 0 Å². The molecule has 0 bridgehead atoms. The summed E-state index contributed by atoms with van der Waals surface area (Å²) < 4.78 is 5.53. The van der Waals surface area contributed by atoms with Crippen LogP contribution in [0, 0.1) is 5.92 Å². The molecule has 2 heterocycles. The molecule has 21 heavy (non-hydrogen) atoms. The average molecular weight is 290 g/mol. The van der Waals surface area contributed by atoms with E-state index >= 15 is 0 Å². The quantitative estimate of drug-likeness (QED) is 0.867. The molecule has 2 amide bonds. The van der Waals surface area contributed by atoms with E-state index in [-0.39, 0.29) is 18.6 Å². The Kier molecular flexibility index (Phi) is 3.68. The number of hydrogen-bond donors (Lipinski definition) is 2. The van der Waals surface area contributed by atoms with Crippen molar-refractivity contribution < 1.29 is 19.4 Å². The van der Waals surface area contributed by atoms with Gasteiger partial charge in [0.25, 0.3) is 0 Å². The molecule has 1 aromatic carbocycles. The molecule has 0 aromatic heterocycles. The molecule has 0 aliphatic carbocycles. The summed E-state index contributed by atoms with van der Waals surface area (Å²) in [4.78, 5) is 24.9. The summed E-state index contributed by atoms with van der Waals surface area (Å²) in [6, 6.07) is 7.23. The van der Waals surface area contributed by atoms with Crippen LogP contribution >= 0.6 is 0 Å². The van der Waals surface area contributed by atoms with Crippen molar-refractivity contribution in [1.82, 2.24) is 10.2 Å². The summed E-state index contributed by atoms with van der Waals surface area (Å²) in [5.41, 5.74) is 0.970. The summed E-state index contributed by atoms with van der Waals surface area (Å²) in [7, 11) is 0. The molecule has 0 spiro atoms. The first-order chi connectivity index (χ1) is 10.1. The Morgan fingerprint density at radius 1 is 1.33 bits per heavy atom. The Labute approximate surface area is 122 Å². The molecule has 0 radical (unpaired) electrons. The van der Waals surface area contributed by atoms with E-state index in [1.807, 2.05) is 24.3 Å². The first-order valence-corrected chi connectivity index (χ1v) is 7.15. The van der Waals surface area contributed by atoms with E-state index in [0.29, 0.717) is 19.6 Å². The number of carbonyl (C=O) groups is 2. The number of amides is 2. The molecule has 1 aromatic rings. The smallest absolute Gasteiger partial charge is 0.318 e. The van der Waals surface area contributed by atoms with Crippen molar-refractivity contribution in [3.05, 3.63) is 29.8 Å². The molecule has 6 nitrogen and oxygen atoms in total. The van der Waals surface area contributed by atoms with Crippen molar-refractivity contribution in [3.8, 4) is 5.75 Å². The van der Waals surface area contributed by atoms with Gasteiger partial charge in [-0.3, -0.25) is 4.79 Å². The van der Waals surface area contributed by atoms with Gasteiger partial charge in [-0.05, 0) is 18.9 Å². The molecule has 6 heteroatoms. The fraction of sp³-hybridized carbons (Fsp3) is 0.467. The molecular formula is C15H18N2O4. The first-order valence-electron chi connectivity index (χ1n) is 7.15. The van der Waals surface area contributed by atoms with Crippen LogP contribution in [0.4, 0.5) is 4.79 Å². The summed E-state index contributed by atoms with van der Waals surface area (Å²) in [6.45, 7) is 1.29. The van der Waals surface area contributed by atoms with Crippen molar-refractivity contribution in [2.24, 2.45) is 5.92 Å². The zero-order valence-corrected chi connectivity index (χ0v) is 11.6. The lowest BCUT2D eigenvalue weighted by Crippen LogP contribution is -2.48. The Bertz CT molecular complexity index is 560. The predicted molar refractivity (Wildman–Crippen MR) is 75.1 cm³/mol. The third-order valence-corrected chi connectivity index (χ3v) is 4.06. The number of rotatable bonds is 2. The van der Waals surface area contributed by atoms with Crippen LogP contribution in [0.2, 0.25) is 0 Å². The minimum atomic E-state index is -0.831. The average Bonchev–Trinajstić information content (AvgIpc) is 2.91. The second-order valence-electron chi connectivity index (χ2n) is 5.47. The van der Waals surface area contributed by atoms with Gasteiger partial charge in [-0.2, -0.15) is 0 Å². The van der Waals surface area contributed by atoms with Crippen molar-refractivity contribution in [1.29, 1.82) is 0 Å². The van der Waals surface area contributed by atoms with E-state index in [2.05, 4.69) is 5.32 Å². The van der Waals surface area contributed by atoms with Gasteiger partial charge >= 0.3 is 12.0 Å². The number of piperidine rings is 1. The molecule has 0 saturated carbocycles. The number of ether oxygens (including phenoxy) is 1. The topological polar surface area (TPSA) is 78.9 Å². The van der Waals surface area contributed by atoms with Crippen LogP contribution in [0.3, 0.4) is 0 Å². The Hall–Kier alpha value is -2.24. The van der Waals surface area contributed by atoms with Crippen LogP contribution in [0.25, 0.3) is 0 Å². The van der Waals surface area contributed by atoms with Gasteiger partial charge in [0.15, 0.2) is 0 Å². The largest absolute Gasteiger partial charge is 0.491 e. The van der Waals surface area contributed by atoms with Crippen LogP contribution in [0.5, 0.6) is 5.75 Å². The van der Waals surface area contributed by atoms with Gasteiger partial charge in [-0.1, -0.05) is 18.2 Å². The number of urea groups is 1. The number of benzene rings is 1. The molecule has 112 valence electrons. The number of carbonyl (C=O) groups excluding carboxylic acids is 1. The van der Waals surface area contributed by atoms with E-state index in [0.717, 1.165) is 17.7 Å². The lowest BCUT2D eigenvalue weighted by molar-refractivity contribution is -0.143. The van der Waals surface area contributed by atoms with Gasteiger partial charge in [-0.25, -0.2) is 4.79 Å². The third kappa shape index (κ3) is 2.79. The van der Waals surface area contributed by atoms with Crippen LogP contribution < -0.4 is 10.1 Å². The van der Waals surface area contributed by atoms with Gasteiger partial charge in [0, 0.05) is 18.7 Å². The molecule has 1 fully saturated rings. The monoisotopic (exact) mass is 290 g/mol. The van der Waals surface area contributed by atoms with E-state index in [9.17, 15) is 9.59 Å². The summed E-state index contributed by atoms with van der Waals surface area (Å²) in [6.07, 6.45) is 1.36. The van der Waals surface area contributed by atoms with Crippen LogP contribution in [-0.2, 0) is 4.79 Å². The molecular weight excluding hydrogens is 272 g/mol. The van der Waals surface area contributed by atoms with Crippen LogP contribution in [-0.4, -0.2) is 41.7 Å². The highest BCUT2D eigenvalue weighted by Gasteiger charge is 2.31. The van der Waals surface area contributed by atoms with Gasteiger partial charge in [0.05, 0.1) is 12.0 Å². The Morgan fingerprint density at radius 3 is 2.95 bits per heavy atom. The van der Waals surface area contributed by atoms with E-state index in [4.69, 9.17) is 9.84 Å². The molecule has 2 N–H and O–H groups in total. The minimum Gasteiger partial charge on any atom is -0.491 e. The van der Waals surface area contributed by atoms with E-state index in [1.165, 1.54) is 0 Å². The zero-order chi connectivity index (χ0) is 14.8. The molecule has 2 atom stereocenters. The predicted octanol–water partition coefficient (Wildman–Crippen LogP) is 1.63. The maximum atomic E-state index is 12.3. The Morgan fingerprint density at radius 2 is 2.14 bits per heavy atom. The second kappa shape index (κ2) is 5.63. The SMILES string of the molecule is O=C(O)[C@@H]1CCCN(C(=O)NC2COc3ccccc32)C1. The second-order valence-corrected chi connectivity index (χ2v) is 5.47. The number of nitrogens with one attached hydrogen (secondary N) is 1. The fourth-order valence-corrected chi connectivity index (χ4v) is 2.89. The number of carboxylic acid groups (broad SMARTS) is 1. The summed E-state index contributed by atoms with van der Waals surface area (Å²) >= 11 is 0. The lowest BCUT2D eigenvalue weighted by Gasteiger charge is -2.31. The number of hydrogen-bond acceptors (Lipinski definition) is 3. The van der Waals surface area contributed by atoms with E-state index < -0.39 is 11.9 Å². The maximum absolute atomic E-state index is 12.3. The van der Waals surface area contributed by atoms with Crippen molar-refractivity contribution in [2.45, 2.75) is 18.9 Å². The molecule has 1 unspecified atom stereocenters. The summed E-state index contributed by atoms with van der Waals surface area (Å²) in [5.74, 6) is -0.497. The van der Waals surface area contributed by atoms with Crippen molar-refractivity contribution >= 4 is 12.0 Å². The molecule has 2 aliphatic rings. The van der Waals surface area contributed by atoms with Gasteiger partial charge in [-0.15, -0.1) is 0 Å². The molecule has 2 aliphatic heterocycles. The summed E-state index contributed by atoms with van der Waals surface area (Å²) in [5, 5.41) is 12.0. The van der Waals surface area contributed by atoms with Crippen molar-refractivity contribution in [2.75, 3.05) is 19.7 Å².